The molecule has 0 spiro atoms. The van der Waals surface area contributed by atoms with Crippen LogP contribution < -0.4 is 4.74 Å². The third-order valence-electron chi connectivity index (χ3n) is 7.66. The molecule has 2 amide bonds. The topological polar surface area (TPSA) is 102 Å². The normalized spacial score (nSPS) is 18.7. The number of phenolic OH excluding ortho intramolecular Hbond substituents is 1. The molecule has 0 aliphatic carbocycles. The van der Waals surface area contributed by atoms with E-state index in [-0.39, 0.29) is 29.2 Å². The van der Waals surface area contributed by atoms with E-state index >= 15 is 0 Å². The number of ether oxygens (including phenoxy) is 1. The van der Waals surface area contributed by atoms with E-state index in [4.69, 9.17) is 4.74 Å². The smallest absolute Gasteiger partial charge is 0.274 e. The Morgan fingerprint density at radius 3 is 2.50 bits per heavy atom. The van der Waals surface area contributed by atoms with Crippen LogP contribution in [0.2, 0.25) is 0 Å². The second-order valence-electron chi connectivity index (χ2n) is 10.2. The van der Waals surface area contributed by atoms with E-state index in [2.05, 4.69) is 22.1 Å². The van der Waals surface area contributed by atoms with Crippen molar-refractivity contribution in [2.24, 2.45) is 0 Å². The molecular weight excluding hydrogens is 458 g/mol. The molecule has 2 saturated heterocycles. The molecule has 2 aromatic carbocycles. The summed E-state index contributed by atoms with van der Waals surface area (Å²) in [6, 6.07) is 9.12. The van der Waals surface area contributed by atoms with Gasteiger partial charge in [-0.2, -0.15) is 5.10 Å². The summed E-state index contributed by atoms with van der Waals surface area (Å²) >= 11 is 0. The second-order valence-corrected chi connectivity index (χ2v) is 10.2. The van der Waals surface area contributed by atoms with E-state index in [1.165, 1.54) is 6.07 Å². The number of piperidine rings is 1. The summed E-state index contributed by atoms with van der Waals surface area (Å²) in [6.07, 6.45) is 4.21. The van der Waals surface area contributed by atoms with Crippen molar-refractivity contribution in [2.45, 2.75) is 44.9 Å². The zero-order valence-corrected chi connectivity index (χ0v) is 20.5. The van der Waals surface area contributed by atoms with Crippen molar-refractivity contribution < 1.29 is 19.4 Å². The van der Waals surface area contributed by atoms with Gasteiger partial charge in [-0.1, -0.05) is 6.07 Å². The van der Waals surface area contributed by atoms with Gasteiger partial charge >= 0.3 is 0 Å². The number of rotatable bonds is 4. The summed E-state index contributed by atoms with van der Waals surface area (Å²) in [6.45, 7) is 4.41. The summed E-state index contributed by atoms with van der Waals surface area (Å²) in [5.41, 5.74) is 3.14. The lowest BCUT2D eigenvalue weighted by Crippen LogP contribution is -2.35. The molecule has 6 rings (SSSR count). The molecule has 36 heavy (non-hydrogen) atoms. The van der Waals surface area contributed by atoms with E-state index in [0.29, 0.717) is 42.8 Å². The van der Waals surface area contributed by atoms with E-state index < -0.39 is 0 Å². The highest BCUT2D eigenvalue weighted by molar-refractivity contribution is 6.08. The monoisotopic (exact) mass is 489 g/mol. The highest BCUT2D eigenvalue weighted by atomic mass is 16.5. The summed E-state index contributed by atoms with van der Waals surface area (Å²) in [7, 11) is 2.13. The fourth-order valence-corrected chi connectivity index (χ4v) is 5.51. The fourth-order valence-electron chi connectivity index (χ4n) is 5.51. The molecule has 0 unspecified atom stereocenters. The minimum Gasteiger partial charge on any atom is -0.507 e. The number of benzene rings is 2. The molecule has 9 heteroatoms. The van der Waals surface area contributed by atoms with Gasteiger partial charge < -0.3 is 24.5 Å². The van der Waals surface area contributed by atoms with Crippen LogP contribution in [0.1, 0.15) is 57.7 Å². The van der Waals surface area contributed by atoms with Crippen LogP contribution in [-0.4, -0.2) is 81.1 Å². The van der Waals surface area contributed by atoms with Crippen LogP contribution in [0.25, 0.3) is 10.9 Å². The van der Waals surface area contributed by atoms with Crippen LogP contribution in [0, 0.1) is 0 Å². The Balaban J connectivity index is 1.20. The molecule has 2 N–H and O–H groups in total. The second kappa shape index (κ2) is 9.13. The summed E-state index contributed by atoms with van der Waals surface area (Å²) in [4.78, 5) is 32.2. The number of hydrogen-bond donors (Lipinski definition) is 2. The molecule has 3 aromatic rings. The van der Waals surface area contributed by atoms with Gasteiger partial charge in [0.2, 0.25) is 0 Å². The molecule has 3 aliphatic heterocycles. The number of nitrogens with zero attached hydrogens (tertiary/aromatic N) is 4. The highest BCUT2D eigenvalue weighted by Crippen LogP contribution is 2.33. The number of carbonyl (C=O) groups is 2. The Kier molecular flexibility index (Phi) is 5.79. The van der Waals surface area contributed by atoms with E-state index in [1.807, 2.05) is 18.2 Å². The molecule has 2 fully saturated rings. The van der Waals surface area contributed by atoms with Gasteiger partial charge in [0.1, 0.15) is 17.6 Å². The zero-order chi connectivity index (χ0) is 24.8. The third kappa shape index (κ3) is 4.17. The number of carbonyl (C=O) groups excluding carboxylic acids is 2. The van der Waals surface area contributed by atoms with Gasteiger partial charge in [-0.3, -0.25) is 14.7 Å². The van der Waals surface area contributed by atoms with Gasteiger partial charge in [-0.25, -0.2) is 0 Å². The number of H-pyrrole nitrogens is 1. The first-order chi connectivity index (χ1) is 17.5. The highest BCUT2D eigenvalue weighted by Gasteiger charge is 2.29. The molecule has 3 aliphatic rings. The van der Waals surface area contributed by atoms with Crippen molar-refractivity contribution in [3.8, 4) is 11.5 Å². The maximum atomic E-state index is 13.5. The van der Waals surface area contributed by atoms with Crippen molar-refractivity contribution >= 4 is 22.7 Å². The minimum atomic E-state index is -0.274. The standard InChI is InChI=1S/C27H31N5O4/c1-30-10-6-19(7-11-30)36-20-5-4-17-15-32(16-18(17)12-20)26(34)22-13-21-23(14-24(22)33)28-29-25(21)27(35)31-8-2-3-9-31/h4-5,12-14,19,33H,2-3,6-11,15-16H2,1H3,(H,28,29). The number of phenols is 1. The maximum absolute atomic E-state index is 13.5. The first-order valence-electron chi connectivity index (χ1n) is 12.7. The SMILES string of the molecule is CN1CCC(Oc2ccc3c(c2)CN(C(=O)c2cc4c(C(=O)N5CCCC5)n[nH]c4cc2O)C3)CC1. The molecule has 9 nitrogen and oxygen atoms in total. The van der Waals surface area contributed by atoms with Gasteiger partial charge in [-0.05, 0) is 62.1 Å². The molecular formula is C27H31N5O4. The first kappa shape index (κ1) is 22.8. The van der Waals surface area contributed by atoms with Crippen LogP contribution in [0.15, 0.2) is 30.3 Å². The average Bonchev–Trinajstić information content (AvgIpc) is 3.63. The Morgan fingerprint density at radius 1 is 0.972 bits per heavy atom. The molecule has 0 radical (unpaired) electrons. The van der Waals surface area contributed by atoms with Crippen LogP contribution in [0.5, 0.6) is 11.5 Å². The number of fused-ring (bicyclic) bond motifs is 2. The number of hydrogen-bond acceptors (Lipinski definition) is 6. The molecule has 4 heterocycles. The quantitative estimate of drug-likeness (QED) is 0.584. The van der Waals surface area contributed by atoms with Crippen LogP contribution >= 0.6 is 0 Å². The number of aromatic hydroxyl groups is 1. The van der Waals surface area contributed by atoms with Crippen molar-refractivity contribution in [3.63, 3.8) is 0 Å². The molecule has 1 aromatic heterocycles. The maximum Gasteiger partial charge on any atom is 0.274 e. The van der Waals surface area contributed by atoms with Crippen molar-refractivity contribution in [1.29, 1.82) is 0 Å². The Labute approximate surface area is 209 Å². The lowest BCUT2D eigenvalue weighted by Gasteiger charge is -2.29. The number of amides is 2. The fraction of sp³-hybridized carbons (Fsp3) is 0.444. The lowest BCUT2D eigenvalue weighted by molar-refractivity contribution is 0.0746. The van der Waals surface area contributed by atoms with Gasteiger partial charge in [0, 0.05) is 50.7 Å². The summed E-state index contributed by atoms with van der Waals surface area (Å²) in [5.74, 6) is 0.293. The van der Waals surface area contributed by atoms with E-state index in [0.717, 1.165) is 55.6 Å². The molecule has 0 saturated carbocycles. The largest absolute Gasteiger partial charge is 0.507 e. The van der Waals surface area contributed by atoms with Crippen molar-refractivity contribution in [3.05, 3.63) is 52.7 Å². The van der Waals surface area contributed by atoms with Crippen LogP contribution in [0.4, 0.5) is 0 Å². The average molecular weight is 490 g/mol. The predicted octanol–water partition coefficient (Wildman–Crippen LogP) is 3.13. The van der Waals surface area contributed by atoms with E-state index in [9.17, 15) is 14.7 Å². The first-order valence-corrected chi connectivity index (χ1v) is 12.7. The van der Waals surface area contributed by atoms with Crippen LogP contribution in [-0.2, 0) is 13.1 Å². The number of aromatic nitrogens is 2. The predicted molar refractivity (Wildman–Crippen MR) is 134 cm³/mol. The number of likely N-dealkylation sites (tertiary alicyclic amines) is 2. The minimum absolute atomic E-state index is 0.126. The van der Waals surface area contributed by atoms with Gasteiger partial charge in [0.15, 0.2) is 5.69 Å². The number of nitrogens with one attached hydrogen (secondary N) is 1. The summed E-state index contributed by atoms with van der Waals surface area (Å²) in [5, 5.41) is 18.2. The third-order valence-corrected chi connectivity index (χ3v) is 7.66. The molecule has 0 bridgehead atoms. The van der Waals surface area contributed by atoms with Crippen molar-refractivity contribution in [2.75, 3.05) is 33.2 Å². The number of aromatic amines is 1. The van der Waals surface area contributed by atoms with E-state index in [1.54, 1.807) is 15.9 Å². The Hall–Kier alpha value is -3.59. The van der Waals surface area contributed by atoms with Gasteiger partial charge in [-0.15, -0.1) is 0 Å². The Morgan fingerprint density at radius 2 is 1.72 bits per heavy atom. The molecule has 0 atom stereocenters. The van der Waals surface area contributed by atoms with Crippen molar-refractivity contribution in [1.82, 2.24) is 24.9 Å². The zero-order valence-electron chi connectivity index (χ0n) is 20.5. The Bertz CT molecular complexity index is 1320. The van der Waals surface area contributed by atoms with Crippen LogP contribution in [0.3, 0.4) is 0 Å². The molecule has 188 valence electrons. The van der Waals surface area contributed by atoms with Gasteiger partial charge in [0.25, 0.3) is 11.8 Å². The lowest BCUT2D eigenvalue weighted by atomic mass is 10.1. The summed E-state index contributed by atoms with van der Waals surface area (Å²) < 4.78 is 6.23. The van der Waals surface area contributed by atoms with Gasteiger partial charge in [0.05, 0.1) is 11.1 Å².